The molecule has 1 rings (SSSR count). The fraction of sp³-hybridized carbons (Fsp3) is 0.500. The number of nitrogens with one attached hydrogen (secondary N) is 1. The Balaban J connectivity index is 2.64. The van der Waals surface area contributed by atoms with Crippen LogP contribution in [-0.2, 0) is 16.1 Å². The quantitative estimate of drug-likeness (QED) is 0.739. The molecule has 5 heteroatoms. The lowest BCUT2D eigenvalue weighted by atomic mass is 10.2. The number of anilines is 1. The lowest BCUT2D eigenvalue weighted by Crippen LogP contribution is -2.29. The zero-order chi connectivity index (χ0) is 14.1. The van der Waals surface area contributed by atoms with E-state index in [1.807, 2.05) is 24.3 Å². The van der Waals surface area contributed by atoms with Crippen molar-refractivity contribution in [3.05, 3.63) is 29.8 Å². The second-order valence-electron chi connectivity index (χ2n) is 4.37. The van der Waals surface area contributed by atoms with Crippen molar-refractivity contribution in [1.29, 1.82) is 0 Å². The molecule has 0 saturated carbocycles. The Hall–Kier alpha value is -1.43. The van der Waals surface area contributed by atoms with E-state index < -0.39 is 0 Å². The Bertz CT molecular complexity index is 396. The van der Waals surface area contributed by atoms with E-state index in [0.29, 0.717) is 13.2 Å². The largest absolute Gasteiger partial charge is 0.395 e. The van der Waals surface area contributed by atoms with Gasteiger partial charge >= 0.3 is 0 Å². The Kier molecular flexibility index (Phi) is 7.10. The number of aliphatic hydroxyl groups is 1. The minimum Gasteiger partial charge on any atom is -0.395 e. The van der Waals surface area contributed by atoms with Gasteiger partial charge in [0, 0.05) is 39.4 Å². The van der Waals surface area contributed by atoms with Gasteiger partial charge in [0.15, 0.2) is 0 Å². The van der Waals surface area contributed by atoms with Gasteiger partial charge in [-0.3, -0.25) is 9.69 Å². The summed E-state index contributed by atoms with van der Waals surface area (Å²) < 4.78 is 5.05. The first-order valence-electron chi connectivity index (χ1n) is 6.34. The number of hydrogen-bond acceptors (Lipinski definition) is 4. The smallest absolute Gasteiger partial charge is 0.221 e. The maximum atomic E-state index is 11.0. The lowest BCUT2D eigenvalue weighted by molar-refractivity contribution is -0.114. The predicted molar refractivity (Wildman–Crippen MR) is 75.0 cm³/mol. The van der Waals surface area contributed by atoms with Crippen LogP contribution in [0.1, 0.15) is 12.5 Å². The van der Waals surface area contributed by atoms with Crippen LogP contribution in [0, 0.1) is 0 Å². The summed E-state index contributed by atoms with van der Waals surface area (Å²) >= 11 is 0. The van der Waals surface area contributed by atoms with Gasteiger partial charge in [-0.05, 0) is 17.7 Å². The number of methoxy groups -OCH3 is 1. The SMILES string of the molecule is COCCN(CCO)Cc1cccc(NC(C)=O)c1. The zero-order valence-corrected chi connectivity index (χ0v) is 11.6. The second kappa shape index (κ2) is 8.63. The van der Waals surface area contributed by atoms with Gasteiger partial charge in [-0.15, -0.1) is 0 Å². The first kappa shape index (κ1) is 15.6. The molecule has 1 aromatic carbocycles. The van der Waals surface area contributed by atoms with Crippen LogP contribution in [-0.4, -0.2) is 49.3 Å². The number of ether oxygens (including phenoxy) is 1. The number of rotatable bonds is 8. The maximum absolute atomic E-state index is 11.0. The minimum atomic E-state index is -0.0799. The number of carbonyl (C=O) groups excluding carboxylic acids is 1. The van der Waals surface area contributed by atoms with Gasteiger partial charge in [0.05, 0.1) is 13.2 Å². The fourth-order valence-corrected chi connectivity index (χ4v) is 1.84. The van der Waals surface area contributed by atoms with Crippen molar-refractivity contribution >= 4 is 11.6 Å². The van der Waals surface area contributed by atoms with Crippen LogP contribution in [0.4, 0.5) is 5.69 Å². The third-order valence-corrected chi connectivity index (χ3v) is 2.68. The number of amides is 1. The predicted octanol–water partition coefficient (Wildman–Crippen LogP) is 1.09. The molecular formula is C14H22N2O3. The van der Waals surface area contributed by atoms with Crippen molar-refractivity contribution in [1.82, 2.24) is 4.90 Å². The maximum Gasteiger partial charge on any atom is 0.221 e. The van der Waals surface area contributed by atoms with Crippen molar-refractivity contribution < 1.29 is 14.6 Å². The number of nitrogens with zero attached hydrogens (tertiary/aromatic N) is 1. The summed E-state index contributed by atoms with van der Waals surface area (Å²) in [5, 5.41) is 11.8. The Morgan fingerprint density at radius 2 is 2.21 bits per heavy atom. The molecule has 1 aromatic rings. The Morgan fingerprint density at radius 1 is 1.42 bits per heavy atom. The summed E-state index contributed by atoms with van der Waals surface area (Å²) in [5.41, 5.74) is 1.89. The molecule has 0 unspecified atom stereocenters. The van der Waals surface area contributed by atoms with Crippen LogP contribution >= 0.6 is 0 Å². The van der Waals surface area contributed by atoms with E-state index in [0.717, 1.165) is 24.3 Å². The molecule has 0 atom stereocenters. The molecule has 0 aromatic heterocycles. The van der Waals surface area contributed by atoms with Crippen LogP contribution in [0.25, 0.3) is 0 Å². The number of hydrogen-bond donors (Lipinski definition) is 2. The van der Waals surface area contributed by atoms with Crippen molar-refractivity contribution in [2.75, 3.05) is 38.7 Å². The van der Waals surface area contributed by atoms with Crippen molar-refractivity contribution in [2.24, 2.45) is 0 Å². The lowest BCUT2D eigenvalue weighted by Gasteiger charge is -2.21. The van der Waals surface area contributed by atoms with E-state index in [9.17, 15) is 4.79 Å². The highest BCUT2D eigenvalue weighted by molar-refractivity contribution is 5.88. The molecule has 0 aliphatic heterocycles. The molecule has 0 saturated heterocycles. The summed E-state index contributed by atoms with van der Waals surface area (Å²) in [6, 6.07) is 7.71. The van der Waals surface area contributed by atoms with Crippen LogP contribution < -0.4 is 5.32 Å². The van der Waals surface area contributed by atoms with Gasteiger partial charge in [0.1, 0.15) is 0 Å². The molecule has 2 N–H and O–H groups in total. The molecule has 0 aliphatic rings. The van der Waals surface area contributed by atoms with Crippen molar-refractivity contribution in [3.8, 4) is 0 Å². The van der Waals surface area contributed by atoms with Crippen LogP contribution in [0.5, 0.6) is 0 Å². The highest BCUT2D eigenvalue weighted by Gasteiger charge is 2.06. The van der Waals surface area contributed by atoms with Crippen LogP contribution in [0.15, 0.2) is 24.3 Å². The van der Waals surface area contributed by atoms with Gasteiger partial charge in [-0.2, -0.15) is 0 Å². The molecule has 0 fully saturated rings. The van der Waals surface area contributed by atoms with Crippen LogP contribution in [0.3, 0.4) is 0 Å². The van der Waals surface area contributed by atoms with E-state index in [4.69, 9.17) is 9.84 Å². The molecule has 0 bridgehead atoms. The normalized spacial score (nSPS) is 10.7. The highest BCUT2D eigenvalue weighted by atomic mass is 16.5. The topological polar surface area (TPSA) is 61.8 Å². The number of aliphatic hydroxyl groups excluding tert-OH is 1. The fourth-order valence-electron chi connectivity index (χ4n) is 1.84. The Labute approximate surface area is 114 Å². The van der Waals surface area contributed by atoms with Crippen molar-refractivity contribution in [3.63, 3.8) is 0 Å². The molecule has 106 valence electrons. The molecule has 0 aliphatic carbocycles. The van der Waals surface area contributed by atoms with Gasteiger partial charge < -0.3 is 15.2 Å². The molecule has 1 amide bonds. The average Bonchev–Trinajstić information content (AvgIpc) is 2.36. The summed E-state index contributed by atoms with van der Waals surface area (Å²) in [4.78, 5) is 13.1. The van der Waals surface area contributed by atoms with E-state index in [-0.39, 0.29) is 12.5 Å². The monoisotopic (exact) mass is 266 g/mol. The first-order valence-corrected chi connectivity index (χ1v) is 6.34. The van der Waals surface area contributed by atoms with Gasteiger partial charge in [-0.1, -0.05) is 12.1 Å². The third kappa shape index (κ3) is 6.33. The molecule has 0 radical (unpaired) electrons. The molecule has 19 heavy (non-hydrogen) atoms. The molecule has 0 heterocycles. The first-order chi connectivity index (χ1) is 9.15. The van der Waals surface area contributed by atoms with E-state index >= 15 is 0 Å². The molecular weight excluding hydrogens is 244 g/mol. The summed E-state index contributed by atoms with van der Waals surface area (Å²) in [6.45, 7) is 4.33. The minimum absolute atomic E-state index is 0.0799. The summed E-state index contributed by atoms with van der Waals surface area (Å²) in [6.07, 6.45) is 0. The van der Waals surface area contributed by atoms with E-state index in [1.165, 1.54) is 6.92 Å². The summed E-state index contributed by atoms with van der Waals surface area (Å²) in [5.74, 6) is -0.0799. The van der Waals surface area contributed by atoms with E-state index in [1.54, 1.807) is 7.11 Å². The van der Waals surface area contributed by atoms with Gasteiger partial charge in [0.25, 0.3) is 0 Å². The number of carbonyl (C=O) groups is 1. The highest BCUT2D eigenvalue weighted by Crippen LogP contribution is 2.12. The molecule has 0 spiro atoms. The summed E-state index contributed by atoms with van der Waals surface area (Å²) in [7, 11) is 1.66. The Morgan fingerprint density at radius 3 is 2.84 bits per heavy atom. The average molecular weight is 266 g/mol. The standard InChI is InChI=1S/C14H22N2O3/c1-12(18)15-14-5-3-4-13(10-14)11-16(6-8-17)7-9-19-2/h3-5,10,17H,6-9,11H2,1-2H3,(H,15,18). The van der Waals surface area contributed by atoms with E-state index in [2.05, 4.69) is 10.2 Å². The zero-order valence-electron chi connectivity index (χ0n) is 11.6. The third-order valence-electron chi connectivity index (χ3n) is 2.68. The van der Waals surface area contributed by atoms with Gasteiger partial charge in [-0.25, -0.2) is 0 Å². The number of benzene rings is 1. The van der Waals surface area contributed by atoms with Crippen molar-refractivity contribution in [2.45, 2.75) is 13.5 Å². The molecule has 5 nitrogen and oxygen atoms in total. The van der Waals surface area contributed by atoms with Gasteiger partial charge in [0.2, 0.25) is 5.91 Å². The van der Waals surface area contributed by atoms with Crippen LogP contribution in [0.2, 0.25) is 0 Å². The second-order valence-corrected chi connectivity index (χ2v) is 4.37.